The number of aryl methyl sites for hydroxylation is 1. The minimum atomic E-state index is -3.83. The van der Waals surface area contributed by atoms with Crippen LogP contribution >= 0.6 is 11.6 Å². The van der Waals surface area contributed by atoms with Crippen molar-refractivity contribution in [2.24, 2.45) is 0 Å². The van der Waals surface area contributed by atoms with E-state index in [2.05, 4.69) is 10.0 Å². The molecule has 1 amide bonds. The van der Waals surface area contributed by atoms with Gasteiger partial charge in [-0.3, -0.25) is 9.59 Å². The number of rotatable bonds is 6. The normalized spacial score (nSPS) is 11.2. The zero-order chi connectivity index (χ0) is 18.6. The summed E-state index contributed by atoms with van der Waals surface area (Å²) in [5.41, 5.74) is 1.49. The number of benzene rings is 2. The Morgan fingerprint density at radius 1 is 1.12 bits per heavy atom. The lowest BCUT2D eigenvalue weighted by atomic mass is 10.1. The third kappa shape index (κ3) is 5.12. The van der Waals surface area contributed by atoms with Crippen molar-refractivity contribution in [1.29, 1.82) is 0 Å². The summed E-state index contributed by atoms with van der Waals surface area (Å²) in [7, 11) is -3.83. The summed E-state index contributed by atoms with van der Waals surface area (Å²) < 4.78 is 26.7. The van der Waals surface area contributed by atoms with Crippen LogP contribution < -0.4 is 10.0 Å². The minimum Gasteiger partial charge on any atom is -0.325 e. The van der Waals surface area contributed by atoms with E-state index in [1.54, 1.807) is 25.1 Å². The van der Waals surface area contributed by atoms with Crippen LogP contribution in [0, 0.1) is 6.92 Å². The highest BCUT2D eigenvalue weighted by atomic mass is 35.5. The maximum absolute atomic E-state index is 12.2. The maximum Gasteiger partial charge on any atom is 0.241 e. The Morgan fingerprint density at radius 3 is 2.48 bits per heavy atom. The first-order valence-corrected chi connectivity index (χ1v) is 9.22. The van der Waals surface area contributed by atoms with E-state index >= 15 is 0 Å². The van der Waals surface area contributed by atoms with Gasteiger partial charge in [-0.25, -0.2) is 13.1 Å². The van der Waals surface area contributed by atoms with Crippen molar-refractivity contribution in [3.63, 3.8) is 0 Å². The highest BCUT2D eigenvalue weighted by Gasteiger charge is 2.16. The number of Topliss-reactive ketones (excluding diaryl/α,β-unsaturated/α-hetero) is 1. The summed E-state index contributed by atoms with van der Waals surface area (Å²) in [6.07, 6.45) is 0. The van der Waals surface area contributed by atoms with Crippen LogP contribution in [0.2, 0.25) is 5.02 Å². The molecule has 2 aromatic carbocycles. The van der Waals surface area contributed by atoms with E-state index in [0.29, 0.717) is 21.8 Å². The molecule has 0 fully saturated rings. The van der Waals surface area contributed by atoms with Gasteiger partial charge in [-0.05, 0) is 49.7 Å². The van der Waals surface area contributed by atoms with Crippen LogP contribution in [0.4, 0.5) is 5.69 Å². The maximum atomic E-state index is 12.2. The largest absolute Gasteiger partial charge is 0.325 e. The van der Waals surface area contributed by atoms with Crippen molar-refractivity contribution in [3.05, 3.63) is 58.6 Å². The first-order valence-electron chi connectivity index (χ1n) is 7.36. The third-order valence-electron chi connectivity index (χ3n) is 3.42. The van der Waals surface area contributed by atoms with Crippen LogP contribution in [0.1, 0.15) is 22.8 Å². The lowest BCUT2D eigenvalue weighted by molar-refractivity contribution is -0.115. The molecule has 0 aliphatic heterocycles. The molecular weight excluding hydrogens is 364 g/mol. The zero-order valence-electron chi connectivity index (χ0n) is 13.7. The first kappa shape index (κ1) is 19.1. The second-order valence-corrected chi connectivity index (χ2v) is 7.59. The fraction of sp³-hybridized carbons (Fsp3) is 0.176. The molecule has 132 valence electrons. The number of hydrogen-bond acceptors (Lipinski definition) is 4. The summed E-state index contributed by atoms with van der Waals surface area (Å²) in [5, 5.41) is 3.00. The molecule has 0 bridgehead atoms. The smallest absolute Gasteiger partial charge is 0.241 e. The van der Waals surface area contributed by atoms with Crippen molar-refractivity contribution < 1.29 is 18.0 Å². The topological polar surface area (TPSA) is 92.3 Å². The van der Waals surface area contributed by atoms with Crippen molar-refractivity contribution in [1.82, 2.24) is 4.72 Å². The van der Waals surface area contributed by atoms with Gasteiger partial charge in [0.25, 0.3) is 0 Å². The molecule has 0 spiro atoms. The van der Waals surface area contributed by atoms with Crippen molar-refractivity contribution in [3.8, 4) is 0 Å². The SMILES string of the molecule is CC(=O)c1cccc(NC(=O)CNS(=O)(=O)c2ccc(Cl)c(C)c2)c1. The fourth-order valence-electron chi connectivity index (χ4n) is 2.05. The highest BCUT2D eigenvalue weighted by Crippen LogP contribution is 2.19. The number of carbonyl (C=O) groups excluding carboxylic acids is 2. The summed E-state index contributed by atoms with van der Waals surface area (Å²) in [5.74, 6) is -0.676. The number of hydrogen-bond donors (Lipinski definition) is 2. The average molecular weight is 381 g/mol. The molecule has 2 rings (SSSR count). The number of carbonyl (C=O) groups is 2. The first-order chi connectivity index (χ1) is 11.7. The molecule has 0 heterocycles. The van der Waals surface area contributed by atoms with Crippen LogP contribution in [0.15, 0.2) is 47.4 Å². The van der Waals surface area contributed by atoms with Crippen molar-refractivity contribution >= 4 is 39.0 Å². The van der Waals surface area contributed by atoms with E-state index in [9.17, 15) is 18.0 Å². The zero-order valence-corrected chi connectivity index (χ0v) is 15.2. The summed E-state index contributed by atoms with van der Waals surface area (Å²) in [6.45, 7) is 2.67. The number of amides is 1. The Bertz CT molecular complexity index is 926. The minimum absolute atomic E-state index is 0.0285. The predicted molar refractivity (Wildman–Crippen MR) is 96.5 cm³/mol. The Hall–Kier alpha value is -2.22. The Balaban J connectivity index is 2.02. The number of nitrogens with one attached hydrogen (secondary N) is 2. The number of ketones is 1. The Labute approximate surface area is 151 Å². The predicted octanol–water partition coefficient (Wildman–Crippen LogP) is 2.77. The standard InChI is InChI=1S/C17H17ClN2O4S/c1-11-8-15(6-7-16(11)18)25(23,24)19-10-17(22)20-14-5-3-4-13(9-14)12(2)21/h3-9,19H,10H2,1-2H3,(H,20,22). The molecule has 0 atom stereocenters. The van der Waals surface area contributed by atoms with E-state index in [4.69, 9.17) is 11.6 Å². The van der Waals surface area contributed by atoms with Crippen molar-refractivity contribution in [2.45, 2.75) is 18.7 Å². The molecular formula is C17H17ClN2O4S. The van der Waals surface area contributed by atoms with Crippen LogP contribution in [0.3, 0.4) is 0 Å². The van der Waals surface area contributed by atoms with Crippen LogP contribution in [0.25, 0.3) is 0 Å². The van der Waals surface area contributed by atoms with Gasteiger partial charge in [0, 0.05) is 16.3 Å². The molecule has 0 saturated heterocycles. The highest BCUT2D eigenvalue weighted by molar-refractivity contribution is 7.89. The van der Waals surface area contributed by atoms with Gasteiger partial charge in [-0.2, -0.15) is 0 Å². The molecule has 25 heavy (non-hydrogen) atoms. The van der Waals surface area contributed by atoms with Crippen LogP contribution in [-0.4, -0.2) is 26.7 Å². The van der Waals surface area contributed by atoms with Crippen LogP contribution in [0.5, 0.6) is 0 Å². The summed E-state index contributed by atoms with van der Waals surface area (Å²) in [4.78, 5) is 23.3. The van der Waals surface area contributed by atoms with Gasteiger partial charge in [0.2, 0.25) is 15.9 Å². The number of halogens is 1. The quantitative estimate of drug-likeness (QED) is 0.753. The average Bonchev–Trinajstić information content (AvgIpc) is 2.55. The lowest BCUT2D eigenvalue weighted by Gasteiger charge is -2.09. The molecule has 6 nitrogen and oxygen atoms in total. The number of sulfonamides is 1. The molecule has 0 aliphatic carbocycles. The molecule has 2 N–H and O–H groups in total. The van der Waals surface area contributed by atoms with Gasteiger partial charge in [0.15, 0.2) is 5.78 Å². The molecule has 0 aromatic heterocycles. The fourth-order valence-corrected chi connectivity index (χ4v) is 3.23. The van der Waals surface area contributed by atoms with E-state index in [0.717, 1.165) is 0 Å². The molecule has 2 aromatic rings. The van der Waals surface area contributed by atoms with Crippen molar-refractivity contribution in [2.75, 3.05) is 11.9 Å². The van der Waals surface area contributed by atoms with Crippen LogP contribution in [-0.2, 0) is 14.8 Å². The number of anilines is 1. The van der Waals surface area contributed by atoms with E-state index < -0.39 is 22.5 Å². The summed E-state index contributed by atoms with van der Waals surface area (Å²) >= 11 is 5.88. The monoisotopic (exact) mass is 380 g/mol. The van der Waals surface area contributed by atoms with Gasteiger partial charge in [-0.1, -0.05) is 23.7 Å². The second-order valence-electron chi connectivity index (χ2n) is 5.42. The molecule has 8 heteroatoms. The van der Waals surface area contributed by atoms with Gasteiger partial charge >= 0.3 is 0 Å². The van der Waals surface area contributed by atoms with Gasteiger partial charge in [-0.15, -0.1) is 0 Å². The van der Waals surface area contributed by atoms with Gasteiger partial charge in [0.1, 0.15) is 0 Å². The van der Waals surface area contributed by atoms with Gasteiger partial charge in [0.05, 0.1) is 11.4 Å². The van der Waals surface area contributed by atoms with E-state index in [1.165, 1.54) is 31.2 Å². The van der Waals surface area contributed by atoms with Gasteiger partial charge < -0.3 is 5.32 Å². The Kier molecular flexibility index (Phi) is 5.94. The molecule has 0 radical (unpaired) electrons. The summed E-state index contributed by atoms with van der Waals surface area (Å²) in [6, 6.07) is 10.7. The molecule has 0 aliphatic rings. The van der Waals surface area contributed by atoms with E-state index in [-0.39, 0.29) is 10.7 Å². The third-order valence-corrected chi connectivity index (χ3v) is 5.24. The van der Waals surface area contributed by atoms with E-state index in [1.807, 2.05) is 0 Å². The Morgan fingerprint density at radius 2 is 1.84 bits per heavy atom. The lowest BCUT2D eigenvalue weighted by Crippen LogP contribution is -2.33. The molecule has 0 saturated carbocycles. The molecule has 0 unspecified atom stereocenters. The second kappa shape index (κ2) is 7.77.